The Morgan fingerprint density at radius 2 is 2.50 bits per heavy atom. The molecule has 48 valence electrons. The molecule has 2 heteroatoms. The first-order valence-electron chi connectivity index (χ1n) is 3.28. The molecule has 0 bridgehead atoms. The van der Waals surface area contributed by atoms with Gasteiger partial charge in [-0.05, 0) is 13.5 Å². The van der Waals surface area contributed by atoms with Crippen molar-refractivity contribution in [2.45, 2.75) is 19.9 Å². The first-order valence-corrected chi connectivity index (χ1v) is 3.28. The van der Waals surface area contributed by atoms with Gasteiger partial charge < -0.3 is 5.32 Å². The van der Waals surface area contributed by atoms with Crippen LogP contribution in [0.5, 0.6) is 0 Å². The van der Waals surface area contributed by atoms with Gasteiger partial charge in [0.1, 0.15) is 0 Å². The van der Waals surface area contributed by atoms with E-state index in [4.69, 9.17) is 0 Å². The largest absolute Gasteiger partial charge is 0.301 e. The summed E-state index contributed by atoms with van der Waals surface area (Å²) in [4.78, 5) is 2.39. The third-order valence-electron chi connectivity index (χ3n) is 1.64. The SMILES string of the molecule is CCN1CNC(C)C1. The maximum absolute atomic E-state index is 3.35. The molecular weight excluding hydrogens is 100 g/mol. The summed E-state index contributed by atoms with van der Waals surface area (Å²) in [5.74, 6) is 0. The molecule has 1 aliphatic heterocycles. The second-order valence-corrected chi connectivity index (χ2v) is 2.43. The summed E-state index contributed by atoms with van der Waals surface area (Å²) < 4.78 is 0. The summed E-state index contributed by atoms with van der Waals surface area (Å²) in [6.45, 7) is 7.89. The molecule has 1 rings (SSSR count). The molecular formula is C6H14N2. The lowest BCUT2D eigenvalue weighted by Crippen LogP contribution is -2.20. The Kier molecular flexibility index (Phi) is 1.86. The van der Waals surface area contributed by atoms with Gasteiger partial charge in [-0.15, -0.1) is 0 Å². The van der Waals surface area contributed by atoms with Crippen molar-refractivity contribution in [1.29, 1.82) is 0 Å². The topological polar surface area (TPSA) is 15.3 Å². The maximum atomic E-state index is 3.35. The second kappa shape index (κ2) is 2.46. The minimum Gasteiger partial charge on any atom is -0.301 e. The van der Waals surface area contributed by atoms with Gasteiger partial charge in [-0.25, -0.2) is 0 Å². The minimum atomic E-state index is 0.704. The summed E-state index contributed by atoms with van der Waals surface area (Å²) in [5, 5.41) is 3.35. The standard InChI is InChI=1S/C6H14N2/c1-3-8-4-6(2)7-5-8/h6-7H,3-5H2,1-2H3. The zero-order valence-electron chi connectivity index (χ0n) is 5.65. The first-order chi connectivity index (χ1) is 3.83. The van der Waals surface area contributed by atoms with E-state index in [1.165, 1.54) is 13.1 Å². The lowest BCUT2D eigenvalue weighted by atomic mass is 10.4. The molecule has 0 saturated carbocycles. The predicted molar refractivity (Wildman–Crippen MR) is 34.7 cm³/mol. The van der Waals surface area contributed by atoms with Crippen molar-refractivity contribution in [2.24, 2.45) is 0 Å². The fourth-order valence-electron chi connectivity index (χ4n) is 1.04. The molecule has 1 atom stereocenters. The van der Waals surface area contributed by atoms with Crippen LogP contribution in [0.25, 0.3) is 0 Å². The van der Waals surface area contributed by atoms with Crippen molar-refractivity contribution in [2.75, 3.05) is 19.8 Å². The molecule has 0 aromatic rings. The molecule has 0 radical (unpaired) electrons. The minimum absolute atomic E-state index is 0.704. The van der Waals surface area contributed by atoms with Crippen LogP contribution in [0.15, 0.2) is 0 Å². The molecule has 1 saturated heterocycles. The maximum Gasteiger partial charge on any atom is 0.0483 e. The monoisotopic (exact) mass is 114 g/mol. The summed E-state index contributed by atoms with van der Waals surface area (Å²) in [6.07, 6.45) is 0. The zero-order chi connectivity index (χ0) is 5.98. The molecule has 1 fully saturated rings. The van der Waals surface area contributed by atoms with Crippen molar-refractivity contribution >= 4 is 0 Å². The Balaban J connectivity index is 2.22. The molecule has 0 aliphatic carbocycles. The van der Waals surface area contributed by atoms with E-state index >= 15 is 0 Å². The second-order valence-electron chi connectivity index (χ2n) is 2.43. The fourth-order valence-corrected chi connectivity index (χ4v) is 1.04. The first kappa shape index (κ1) is 6.05. The van der Waals surface area contributed by atoms with Gasteiger partial charge in [-0.1, -0.05) is 6.92 Å². The van der Waals surface area contributed by atoms with E-state index in [-0.39, 0.29) is 0 Å². The Bertz CT molecular complexity index is 72.9. The van der Waals surface area contributed by atoms with E-state index in [0.717, 1.165) is 6.67 Å². The molecule has 0 aromatic carbocycles. The summed E-state index contributed by atoms with van der Waals surface area (Å²) in [5.41, 5.74) is 0. The van der Waals surface area contributed by atoms with Crippen LogP contribution in [0.3, 0.4) is 0 Å². The Morgan fingerprint density at radius 3 is 2.75 bits per heavy atom. The Morgan fingerprint density at radius 1 is 1.75 bits per heavy atom. The van der Waals surface area contributed by atoms with E-state index in [0.29, 0.717) is 6.04 Å². The summed E-state index contributed by atoms with van der Waals surface area (Å²) in [7, 11) is 0. The average Bonchev–Trinajstić information content (AvgIpc) is 2.14. The summed E-state index contributed by atoms with van der Waals surface area (Å²) in [6, 6.07) is 0.704. The van der Waals surface area contributed by atoms with Crippen LogP contribution in [0.2, 0.25) is 0 Å². The molecule has 2 nitrogen and oxygen atoms in total. The van der Waals surface area contributed by atoms with E-state index in [2.05, 4.69) is 24.1 Å². The Hall–Kier alpha value is -0.0800. The number of likely N-dealkylation sites (N-methyl/N-ethyl adjacent to an activating group) is 1. The van der Waals surface area contributed by atoms with Gasteiger partial charge in [0.05, 0.1) is 0 Å². The number of hydrogen-bond donors (Lipinski definition) is 1. The Labute approximate surface area is 50.9 Å². The van der Waals surface area contributed by atoms with Crippen LogP contribution in [0.1, 0.15) is 13.8 Å². The third kappa shape index (κ3) is 1.20. The van der Waals surface area contributed by atoms with E-state index < -0.39 is 0 Å². The smallest absolute Gasteiger partial charge is 0.0483 e. The van der Waals surface area contributed by atoms with Crippen LogP contribution in [0, 0.1) is 0 Å². The van der Waals surface area contributed by atoms with Gasteiger partial charge in [0.15, 0.2) is 0 Å². The van der Waals surface area contributed by atoms with Crippen molar-refractivity contribution in [1.82, 2.24) is 10.2 Å². The lowest BCUT2D eigenvalue weighted by molar-refractivity contribution is 0.351. The number of nitrogens with zero attached hydrogens (tertiary/aromatic N) is 1. The zero-order valence-corrected chi connectivity index (χ0v) is 5.65. The van der Waals surface area contributed by atoms with E-state index in [1.54, 1.807) is 0 Å². The molecule has 1 aliphatic rings. The quantitative estimate of drug-likeness (QED) is 0.526. The molecule has 0 aromatic heterocycles. The highest BCUT2D eigenvalue weighted by Crippen LogP contribution is 1.97. The fraction of sp³-hybridized carbons (Fsp3) is 1.00. The molecule has 1 heterocycles. The third-order valence-corrected chi connectivity index (χ3v) is 1.64. The van der Waals surface area contributed by atoms with E-state index in [1.807, 2.05) is 0 Å². The van der Waals surface area contributed by atoms with Gasteiger partial charge in [-0.2, -0.15) is 0 Å². The van der Waals surface area contributed by atoms with Crippen molar-refractivity contribution in [3.8, 4) is 0 Å². The van der Waals surface area contributed by atoms with Gasteiger partial charge in [0, 0.05) is 19.3 Å². The summed E-state index contributed by atoms with van der Waals surface area (Å²) >= 11 is 0. The van der Waals surface area contributed by atoms with Crippen molar-refractivity contribution in [3.05, 3.63) is 0 Å². The van der Waals surface area contributed by atoms with Gasteiger partial charge in [0.25, 0.3) is 0 Å². The highest BCUT2D eigenvalue weighted by Gasteiger charge is 2.14. The molecule has 0 spiro atoms. The number of hydrogen-bond acceptors (Lipinski definition) is 2. The highest BCUT2D eigenvalue weighted by molar-refractivity contribution is 4.72. The van der Waals surface area contributed by atoms with Crippen LogP contribution in [0.4, 0.5) is 0 Å². The molecule has 0 amide bonds. The number of rotatable bonds is 1. The average molecular weight is 114 g/mol. The number of nitrogens with one attached hydrogen (secondary N) is 1. The highest BCUT2D eigenvalue weighted by atomic mass is 15.3. The van der Waals surface area contributed by atoms with Gasteiger partial charge in [0.2, 0.25) is 0 Å². The predicted octanol–water partition coefficient (Wildman–Crippen LogP) is 0.258. The molecule has 8 heavy (non-hydrogen) atoms. The van der Waals surface area contributed by atoms with Crippen LogP contribution >= 0.6 is 0 Å². The molecule has 1 unspecified atom stereocenters. The van der Waals surface area contributed by atoms with Crippen molar-refractivity contribution < 1.29 is 0 Å². The van der Waals surface area contributed by atoms with Crippen LogP contribution < -0.4 is 5.32 Å². The van der Waals surface area contributed by atoms with Crippen molar-refractivity contribution in [3.63, 3.8) is 0 Å². The van der Waals surface area contributed by atoms with Crippen LogP contribution in [-0.4, -0.2) is 30.7 Å². The lowest BCUT2D eigenvalue weighted by Gasteiger charge is -2.08. The van der Waals surface area contributed by atoms with Crippen LogP contribution in [-0.2, 0) is 0 Å². The van der Waals surface area contributed by atoms with E-state index in [9.17, 15) is 0 Å². The molecule has 1 N–H and O–H groups in total. The normalized spacial score (nSPS) is 31.5. The van der Waals surface area contributed by atoms with Gasteiger partial charge >= 0.3 is 0 Å². The van der Waals surface area contributed by atoms with Gasteiger partial charge in [-0.3, -0.25) is 4.90 Å².